The van der Waals surface area contributed by atoms with Gasteiger partial charge < -0.3 is 20.7 Å². The summed E-state index contributed by atoms with van der Waals surface area (Å²) in [5.41, 5.74) is 5.13. The summed E-state index contributed by atoms with van der Waals surface area (Å²) >= 11 is 6.08. The Hall–Kier alpha value is -1.45. The molecule has 2 fully saturated rings. The minimum atomic E-state index is -0.830. The number of hydrogen-bond acceptors (Lipinski definition) is 7. The lowest BCUT2D eigenvalue weighted by Crippen LogP contribution is -2.53. The average Bonchev–Trinajstić information content (AvgIpc) is 3.09. The zero-order chi connectivity index (χ0) is 18.9. The molecule has 0 aromatic rings. The van der Waals surface area contributed by atoms with E-state index in [9.17, 15) is 9.18 Å². The molecule has 0 spiro atoms. The van der Waals surface area contributed by atoms with E-state index in [0.717, 1.165) is 19.4 Å². The van der Waals surface area contributed by atoms with Crippen LogP contribution in [0.2, 0.25) is 0 Å². The van der Waals surface area contributed by atoms with E-state index in [0.29, 0.717) is 32.1 Å². The maximum Gasteiger partial charge on any atom is 0.251 e. The Morgan fingerprint density at radius 3 is 3.08 bits per heavy atom. The van der Waals surface area contributed by atoms with E-state index in [2.05, 4.69) is 20.2 Å². The number of nitrogens with one attached hydrogen (secondary N) is 1. The number of fused-ring (bicyclic) bond motifs is 1. The van der Waals surface area contributed by atoms with Gasteiger partial charge in [0.15, 0.2) is 0 Å². The fourth-order valence-corrected chi connectivity index (χ4v) is 4.21. The molecule has 0 aliphatic carbocycles. The fraction of sp³-hybridized carbons (Fsp3) is 0.812. The van der Waals surface area contributed by atoms with Crippen LogP contribution in [0, 0.1) is 0 Å². The minimum Gasteiger partial charge on any atom is -0.368 e. The molecule has 1 unspecified atom stereocenters. The molecule has 0 aromatic carbocycles. The average molecular weight is 389 g/mol. The lowest BCUT2D eigenvalue weighted by atomic mass is 9.95. The van der Waals surface area contributed by atoms with Crippen molar-refractivity contribution in [3.8, 4) is 0 Å². The third-order valence-electron chi connectivity index (χ3n) is 5.43. The van der Waals surface area contributed by atoms with Crippen LogP contribution < -0.4 is 11.1 Å². The second kappa shape index (κ2) is 7.66. The first-order valence-electron chi connectivity index (χ1n) is 8.99. The van der Waals surface area contributed by atoms with Crippen LogP contribution in [0.5, 0.6) is 0 Å². The zero-order valence-electron chi connectivity index (χ0n) is 15.1. The van der Waals surface area contributed by atoms with Crippen LogP contribution in [0.15, 0.2) is 9.98 Å². The van der Waals surface area contributed by atoms with Crippen molar-refractivity contribution in [1.29, 1.82) is 0 Å². The van der Waals surface area contributed by atoms with Gasteiger partial charge >= 0.3 is 0 Å². The summed E-state index contributed by atoms with van der Waals surface area (Å²) in [6.07, 6.45) is 0.784. The van der Waals surface area contributed by atoms with Gasteiger partial charge in [0.25, 0.3) is 6.35 Å². The van der Waals surface area contributed by atoms with E-state index in [1.54, 1.807) is 11.8 Å². The molecule has 0 radical (unpaired) electrons. The lowest BCUT2D eigenvalue weighted by Gasteiger charge is -2.34. The van der Waals surface area contributed by atoms with E-state index >= 15 is 0 Å². The van der Waals surface area contributed by atoms with Gasteiger partial charge in [-0.3, -0.25) is 9.69 Å². The predicted octanol–water partition coefficient (Wildman–Crippen LogP) is 0.613. The largest absolute Gasteiger partial charge is 0.368 e. The molecule has 8 nitrogen and oxygen atoms in total. The predicted molar refractivity (Wildman–Crippen MR) is 97.7 cm³/mol. The Balaban J connectivity index is 1.70. The molecule has 3 rings (SSSR count). The van der Waals surface area contributed by atoms with Crippen LogP contribution in [-0.2, 0) is 9.53 Å². The highest BCUT2D eigenvalue weighted by Gasteiger charge is 2.49. The molecule has 4 atom stereocenters. The van der Waals surface area contributed by atoms with Gasteiger partial charge in [0, 0.05) is 25.0 Å². The summed E-state index contributed by atoms with van der Waals surface area (Å²) in [6.45, 7) is 5.80. The van der Waals surface area contributed by atoms with Gasteiger partial charge in [-0.05, 0) is 44.8 Å². The van der Waals surface area contributed by atoms with Crippen molar-refractivity contribution in [2.75, 3.05) is 26.2 Å². The number of nitrogens with zero attached hydrogens (tertiary/aromatic N) is 4. The number of nitrogens with two attached hydrogens (primary N) is 1. The van der Waals surface area contributed by atoms with Crippen LogP contribution in [0.1, 0.15) is 33.1 Å². The molecule has 26 heavy (non-hydrogen) atoms. The number of likely N-dealkylation sites (N-methyl/N-ethyl adjacent to an activating group) is 1. The van der Waals surface area contributed by atoms with Crippen LogP contribution in [0.3, 0.4) is 0 Å². The lowest BCUT2D eigenvalue weighted by molar-refractivity contribution is -0.121. The van der Waals surface area contributed by atoms with Gasteiger partial charge in [-0.2, -0.15) is 4.99 Å². The van der Waals surface area contributed by atoms with Crippen LogP contribution in [0.25, 0.3) is 0 Å². The number of carbonyl (C=O) groups excluding carboxylic acids is 1. The van der Waals surface area contributed by atoms with Gasteiger partial charge in [-0.1, -0.05) is 0 Å². The molecule has 146 valence electrons. The van der Waals surface area contributed by atoms with Crippen molar-refractivity contribution in [3.05, 3.63) is 0 Å². The maximum absolute atomic E-state index is 13.9. The Labute approximate surface area is 157 Å². The standard InChI is InChI=1S/C16H26ClFN6O2/c1-3-24(10(2)12(19)25)14-20-13(17)21-15(22-14)26-9-16-5-4-6-23(16)8-11(18)7-16/h10-11,15H,3-9H2,1-2H3,(H2,19,25)(H,20,21,22)/t10-,11-,15?,16+/m1/s1. The molecule has 3 aliphatic rings. The van der Waals surface area contributed by atoms with Crippen molar-refractivity contribution in [1.82, 2.24) is 15.1 Å². The summed E-state index contributed by atoms with van der Waals surface area (Å²) in [5, 5.41) is 2.98. The maximum atomic E-state index is 13.9. The van der Waals surface area contributed by atoms with Crippen molar-refractivity contribution in [2.24, 2.45) is 15.7 Å². The second-order valence-corrected chi connectivity index (χ2v) is 7.43. The van der Waals surface area contributed by atoms with Crippen molar-refractivity contribution >= 4 is 28.8 Å². The highest BCUT2D eigenvalue weighted by Crippen LogP contribution is 2.40. The van der Waals surface area contributed by atoms with E-state index in [1.807, 2.05) is 6.92 Å². The Bertz CT molecular complexity index is 618. The number of carbonyl (C=O) groups is 1. The third kappa shape index (κ3) is 3.79. The molecule has 2 saturated heterocycles. The van der Waals surface area contributed by atoms with Crippen LogP contribution >= 0.6 is 11.6 Å². The number of ether oxygens (including phenoxy) is 1. The summed E-state index contributed by atoms with van der Waals surface area (Å²) in [7, 11) is 0. The summed E-state index contributed by atoms with van der Waals surface area (Å²) in [5.74, 6) is -0.0766. The van der Waals surface area contributed by atoms with Crippen molar-refractivity contribution in [2.45, 2.75) is 57.2 Å². The second-order valence-electron chi connectivity index (χ2n) is 7.07. The Kier molecular flexibility index (Phi) is 5.69. The summed E-state index contributed by atoms with van der Waals surface area (Å²) < 4.78 is 19.8. The zero-order valence-corrected chi connectivity index (χ0v) is 15.9. The number of amides is 1. The van der Waals surface area contributed by atoms with Gasteiger partial charge in [0.05, 0.1) is 6.61 Å². The number of primary amides is 1. The number of hydrogen-bond donors (Lipinski definition) is 2. The number of rotatable bonds is 6. The number of guanidine groups is 1. The molecule has 3 aliphatic heterocycles. The molecule has 3 N–H and O–H groups in total. The van der Waals surface area contributed by atoms with Gasteiger partial charge in [-0.15, -0.1) is 0 Å². The van der Waals surface area contributed by atoms with Crippen LogP contribution in [0.4, 0.5) is 4.39 Å². The first-order chi connectivity index (χ1) is 12.3. The molecule has 3 heterocycles. The van der Waals surface area contributed by atoms with Crippen molar-refractivity contribution < 1.29 is 13.9 Å². The Morgan fingerprint density at radius 2 is 2.38 bits per heavy atom. The molecular weight excluding hydrogens is 363 g/mol. The molecule has 1 amide bonds. The number of amidine groups is 1. The van der Waals surface area contributed by atoms with Crippen LogP contribution in [-0.4, -0.2) is 77.3 Å². The van der Waals surface area contributed by atoms with Gasteiger partial charge in [0.2, 0.25) is 17.2 Å². The van der Waals surface area contributed by atoms with Crippen molar-refractivity contribution in [3.63, 3.8) is 0 Å². The van der Waals surface area contributed by atoms with Gasteiger partial charge in [0.1, 0.15) is 12.2 Å². The number of alkyl halides is 1. The number of halogens is 2. The third-order valence-corrected chi connectivity index (χ3v) is 5.62. The monoisotopic (exact) mass is 388 g/mol. The molecule has 10 heteroatoms. The smallest absolute Gasteiger partial charge is 0.251 e. The fourth-order valence-electron chi connectivity index (χ4n) is 4.05. The van der Waals surface area contributed by atoms with E-state index in [4.69, 9.17) is 22.1 Å². The highest BCUT2D eigenvalue weighted by molar-refractivity contribution is 6.66. The SMILES string of the molecule is CCN(C1=NC(OC[C@@]23CCCN2C[C@H](F)C3)N=C(Cl)N1)[C@H](C)C(N)=O. The normalized spacial score (nSPS) is 32.5. The van der Waals surface area contributed by atoms with Gasteiger partial charge in [-0.25, -0.2) is 9.38 Å². The number of aliphatic imine (C=N–C) groups is 2. The minimum absolute atomic E-state index is 0.130. The summed E-state index contributed by atoms with van der Waals surface area (Å²) in [4.78, 5) is 24.0. The first-order valence-corrected chi connectivity index (χ1v) is 9.37. The molecule has 0 saturated carbocycles. The first kappa shape index (κ1) is 19.3. The molecule has 0 aromatic heterocycles. The van der Waals surface area contributed by atoms with E-state index in [1.165, 1.54) is 0 Å². The quantitative estimate of drug-likeness (QED) is 0.650. The molecule has 0 bridgehead atoms. The van der Waals surface area contributed by atoms with E-state index in [-0.39, 0.29) is 10.8 Å². The summed E-state index contributed by atoms with van der Waals surface area (Å²) in [6, 6.07) is -0.555. The molecular formula is C16H26ClFN6O2. The Morgan fingerprint density at radius 1 is 1.62 bits per heavy atom. The topological polar surface area (TPSA) is 95.6 Å². The van der Waals surface area contributed by atoms with E-state index < -0.39 is 24.5 Å². The highest BCUT2D eigenvalue weighted by atomic mass is 35.5.